The summed E-state index contributed by atoms with van der Waals surface area (Å²) in [7, 11) is 3.18. The zero-order valence-corrected chi connectivity index (χ0v) is 12.0. The molecule has 0 aliphatic carbocycles. The molecule has 1 atom stereocenters. The number of fused-ring (bicyclic) bond motifs is 1. The number of ketones is 1. The summed E-state index contributed by atoms with van der Waals surface area (Å²) in [6.07, 6.45) is 0. The number of ether oxygens (including phenoxy) is 3. The second-order valence-electron chi connectivity index (χ2n) is 4.83. The molecule has 4 heteroatoms. The van der Waals surface area contributed by atoms with Crippen LogP contribution in [-0.2, 0) is 0 Å². The summed E-state index contributed by atoms with van der Waals surface area (Å²) < 4.78 is 16.3. The van der Waals surface area contributed by atoms with Gasteiger partial charge in [-0.2, -0.15) is 0 Å². The van der Waals surface area contributed by atoms with Gasteiger partial charge in [0.15, 0.2) is 5.78 Å². The molecule has 0 radical (unpaired) electrons. The second kappa shape index (κ2) is 5.48. The highest BCUT2D eigenvalue weighted by atomic mass is 16.5. The van der Waals surface area contributed by atoms with Gasteiger partial charge in [0.1, 0.15) is 23.9 Å². The first-order chi connectivity index (χ1) is 10.2. The van der Waals surface area contributed by atoms with Gasteiger partial charge in [-0.3, -0.25) is 4.79 Å². The van der Waals surface area contributed by atoms with Crippen molar-refractivity contribution in [2.24, 2.45) is 0 Å². The summed E-state index contributed by atoms with van der Waals surface area (Å²) in [6, 6.07) is 12.8. The number of carbonyl (C=O) groups excluding carboxylic acids is 1. The lowest BCUT2D eigenvalue weighted by Gasteiger charge is -2.25. The fourth-order valence-corrected chi connectivity index (χ4v) is 2.57. The first kappa shape index (κ1) is 13.5. The van der Waals surface area contributed by atoms with Gasteiger partial charge in [0.25, 0.3) is 0 Å². The number of hydrogen-bond donors (Lipinski definition) is 0. The minimum absolute atomic E-state index is 0.0558. The summed E-state index contributed by atoms with van der Waals surface area (Å²) in [5.41, 5.74) is 1.43. The van der Waals surface area contributed by atoms with Crippen LogP contribution in [0.25, 0.3) is 0 Å². The van der Waals surface area contributed by atoms with E-state index in [1.54, 1.807) is 26.4 Å². The Morgan fingerprint density at radius 3 is 2.67 bits per heavy atom. The number of rotatable bonds is 3. The number of para-hydroxylation sites is 1. The van der Waals surface area contributed by atoms with Crippen molar-refractivity contribution in [3.05, 3.63) is 53.6 Å². The van der Waals surface area contributed by atoms with Crippen molar-refractivity contribution in [2.75, 3.05) is 20.8 Å². The van der Waals surface area contributed by atoms with Crippen LogP contribution < -0.4 is 14.2 Å². The van der Waals surface area contributed by atoms with Crippen molar-refractivity contribution >= 4 is 5.78 Å². The van der Waals surface area contributed by atoms with Crippen LogP contribution >= 0.6 is 0 Å². The molecular weight excluding hydrogens is 268 g/mol. The molecule has 21 heavy (non-hydrogen) atoms. The van der Waals surface area contributed by atoms with Gasteiger partial charge in [0.2, 0.25) is 0 Å². The van der Waals surface area contributed by atoms with Crippen LogP contribution in [0.5, 0.6) is 17.2 Å². The number of hydrogen-bond acceptors (Lipinski definition) is 4. The zero-order chi connectivity index (χ0) is 14.8. The molecule has 108 valence electrons. The molecule has 0 saturated carbocycles. The van der Waals surface area contributed by atoms with Crippen molar-refractivity contribution in [1.29, 1.82) is 0 Å². The van der Waals surface area contributed by atoms with E-state index < -0.39 is 0 Å². The van der Waals surface area contributed by atoms with Gasteiger partial charge in [0, 0.05) is 11.6 Å². The van der Waals surface area contributed by atoms with Crippen molar-refractivity contribution in [2.45, 2.75) is 5.92 Å². The van der Waals surface area contributed by atoms with Gasteiger partial charge >= 0.3 is 0 Å². The molecule has 1 aliphatic rings. The Labute approximate surface area is 123 Å². The molecule has 0 N–H and O–H groups in total. The maximum atomic E-state index is 12.7. The number of carbonyl (C=O) groups is 1. The average molecular weight is 284 g/mol. The molecule has 1 aliphatic heterocycles. The Morgan fingerprint density at radius 1 is 1.10 bits per heavy atom. The molecule has 3 rings (SSSR count). The second-order valence-corrected chi connectivity index (χ2v) is 4.83. The van der Waals surface area contributed by atoms with E-state index in [0.717, 1.165) is 5.56 Å². The number of benzene rings is 2. The SMILES string of the molecule is COc1ccc(C2COc3ccccc3C2=O)c(OC)c1. The molecule has 0 aromatic heterocycles. The molecule has 2 aromatic rings. The van der Waals surface area contributed by atoms with Crippen LogP contribution in [-0.4, -0.2) is 26.6 Å². The normalized spacial score (nSPS) is 16.9. The predicted molar refractivity (Wildman–Crippen MR) is 78.6 cm³/mol. The fraction of sp³-hybridized carbons (Fsp3) is 0.235. The monoisotopic (exact) mass is 284 g/mol. The highest BCUT2D eigenvalue weighted by Gasteiger charge is 2.31. The predicted octanol–water partition coefficient (Wildman–Crippen LogP) is 3.06. The Bertz CT molecular complexity index is 678. The van der Waals surface area contributed by atoms with Crippen LogP contribution in [0.2, 0.25) is 0 Å². The highest BCUT2D eigenvalue weighted by molar-refractivity contribution is 6.04. The summed E-state index contributed by atoms with van der Waals surface area (Å²) in [5.74, 6) is 1.67. The van der Waals surface area contributed by atoms with Gasteiger partial charge in [-0.05, 0) is 18.2 Å². The minimum Gasteiger partial charge on any atom is -0.497 e. The van der Waals surface area contributed by atoms with Crippen LogP contribution in [0, 0.1) is 0 Å². The van der Waals surface area contributed by atoms with Crippen LogP contribution in [0.3, 0.4) is 0 Å². The molecule has 0 saturated heterocycles. The van der Waals surface area contributed by atoms with E-state index in [1.807, 2.05) is 30.3 Å². The number of methoxy groups -OCH3 is 2. The standard InChI is InChI=1S/C17H16O4/c1-19-11-7-8-12(16(9-11)20-2)14-10-21-15-6-4-3-5-13(15)17(14)18/h3-9,14H,10H2,1-2H3. The summed E-state index contributed by atoms with van der Waals surface area (Å²) in [4.78, 5) is 12.7. The third kappa shape index (κ3) is 2.33. The summed E-state index contributed by atoms with van der Waals surface area (Å²) in [6.45, 7) is 0.318. The Kier molecular flexibility index (Phi) is 3.52. The average Bonchev–Trinajstić information content (AvgIpc) is 2.55. The Balaban J connectivity index is 2.01. The molecular formula is C17H16O4. The van der Waals surface area contributed by atoms with Gasteiger partial charge < -0.3 is 14.2 Å². The van der Waals surface area contributed by atoms with E-state index in [9.17, 15) is 4.79 Å². The molecule has 1 unspecified atom stereocenters. The summed E-state index contributed by atoms with van der Waals surface area (Å²) in [5, 5.41) is 0. The van der Waals surface area contributed by atoms with Crippen molar-refractivity contribution in [3.63, 3.8) is 0 Å². The molecule has 4 nitrogen and oxygen atoms in total. The zero-order valence-electron chi connectivity index (χ0n) is 12.0. The molecule has 0 fully saturated rings. The van der Waals surface area contributed by atoms with Crippen LogP contribution in [0.15, 0.2) is 42.5 Å². The molecule has 0 amide bonds. The molecule has 0 spiro atoms. The van der Waals surface area contributed by atoms with E-state index in [1.165, 1.54) is 0 Å². The maximum Gasteiger partial charge on any atom is 0.177 e. The first-order valence-electron chi connectivity index (χ1n) is 6.72. The summed E-state index contributed by atoms with van der Waals surface area (Å²) >= 11 is 0. The maximum absolute atomic E-state index is 12.7. The Morgan fingerprint density at radius 2 is 1.90 bits per heavy atom. The smallest absolute Gasteiger partial charge is 0.177 e. The van der Waals surface area contributed by atoms with Crippen molar-refractivity contribution < 1.29 is 19.0 Å². The quantitative estimate of drug-likeness (QED) is 0.869. The van der Waals surface area contributed by atoms with E-state index in [4.69, 9.17) is 14.2 Å². The molecule has 1 heterocycles. The van der Waals surface area contributed by atoms with E-state index in [-0.39, 0.29) is 11.7 Å². The van der Waals surface area contributed by atoms with E-state index in [0.29, 0.717) is 29.4 Å². The van der Waals surface area contributed by atoms with Crippen LogP contribution in [0.4, 0.5) is 0 Å². The first-order valence-corrected chi connectivity index (χ1v) is 6.72. The third-order valence-corrected chi connectivity index (χ3v) is 3.69. The van der Waals surface area contributed by atoms with Crippen molar-refractivity contribution in [1.82, 2.24) is 0 Å². The lowest BCUT2D eigenvalue weighted by Crippen LogP contribution is -2.26. The fourth-order valence-electron chi connectivity index (χ4n) is 2.57. The lowest BCUT2D eigenvalue weighted by atomic mass is 9.88. The van der Waals surface area contributed by atoms with Gasteiger partial charge in [-0.25, -0.2) is 0 Å². The van der Waals surface area contributed by atoms with E-state index in [2.05, 4.69) is 0 Å². The Hall–Kier alpha value is -2.49. The number of Topliss-reactive ketones (excluding diaryl/α,β-unsaturated/α-hetero) is 1. The third-order valence-electron chi connectivity index (χ3n) is 3.69. The van der Waals surface area contributed by atoms with Gasteiger partial charge in [-0.1, -0.05) is 18.2 Å². The van der Waals surface area contributed by atoms with Crippen molar-refractivity contribution in [3.8, 4) is 17.2 Å². The lowest BCUT2D eigenvalue weighted by molar-refractivity contribution is 0.0894. The molecule has 0 bridgehead atoms. The highest BCUT2D eigenvalue weighted by Crippen LogP contribution is 2.37. The van der Waals surface area contributed by atoms with E-state index >= 15 is 0 Å². The van der Waals surface area contributed by atoms with Gasteiger partial charge in [-0.15, -0.1) is 0 Å². The molecule has 2 aromatic carbocycles. The van der Waals surface area contributed by atoms with Crippen LogP contribution in [0.1, 0.15) is 21.8 Å². The largest absolute Gasteiger partial charge is 0.497 e. The minimum atomic E-state index is -0.360. The van der Waals surface area contributed by atoms with Gasteiger partial charge in [0.05, 0.1) is 25.7 Å². The topological polar surface area (TPSA) is 44.8 Å².